The first-order valence-corrected chi connectivity index (χ1v) is 6.38. The van der Waals surface area contributed by atoms with Gasteiger partial charge in [0.25, 0.3) is 0 Å². The Labute approximate surface area is 102 Å². The molecule has 2 aromatic heterocycles. The van der Waals surface area contributed by atoms with E-state index >= 15 is 0 Å². The van der Waals surface area contributed by atoms with Gasteiger partial charge in [0, 0.05) is 24.4 Å². The summed E-state index contributed by atoms with van der Waals surface area (Å²) in [5, 5.41) is 9.16. The molecule has 1 unspecified atom stereocenters. The Bertz CT molecular complexity index is 464. The van der Waals surface area contributed by atoms with Crippen LogP contribution in [0.4, 0.5) is 0 Å². The molecule has 1 atom stereocenters. The minimum absolute atomic E-state index is 0.257. The first-order chi connectivity index (χ1) is 8.42. The summed E-state index contributed by atoms with van der Waals surface area (Å²) in [7, 11) is 0. The van der Waals surface area contributed by atoms with E-state index in [0.29, 0.717) is 24.7 Å². The molecule has 0 spiro atoms. The van der Waals surface area contributed by atoms with Gasteiger partial charge in [-0.1, -0.05) is 5.16 Å². The van der Waals surface area contributed by atoms with E-state index in [-0.39, 0.29) is 6.04 Å². The molecule has 2 aromatic rings. The third-order valence-electron chi connectivity index (χ3n) is 2.55. The second kappa shape index (κ2) is 4.91. The van der Waals surface area contributed by atoms with Crippen molar-refractivity contribution in [3.63, 3.8) is 0 Å². The maximum absolute atomic E-state index is 5.37. The normalized spacial score (nSPS) is 20.6. The Morgan fingerprint density at radius 3 is 3.29 bits per heavy atom. The highest BCUT2D eigenvalue weighted by atomic mass is 32.1. The molecule has 17 heavy (non-hydrogen) atoms. The Morgan fingerprint density at radius 1 is 1.53 bits per heavy atom. The molecule has 1 aliphatic rings. The number of rotatable bonds is 3. The van der Waals surface area contributed by atoms with Gasteiger partial charge in [-0.3, -0.25) is 0 Å². The smallest absolute Gasteiger partial charge is 0.228 e. The van der Waals surface area contributed by atoms with Crippen molar-refractivity contribution in [1.82, 2.24) is 20.4 Å². The van der Waals surface area contributed by atoms with Crippen LogP contribution >= 0.6 is 11.3 Å². The summed E-state index contributed by atoms with van der Waals surface area (Å²) in [5.74, 6) is 1.17. The molecule has 0 saturated carbocycles. The minimum atomic E-state index is 0.257. The topological polar surface area (TPSA) is 73.1 Å². The fraction of sp³-hybridized carbons (Fsp3) is 0.500. The Kier molecular flexibility index (Phi) is 3.12. The van der Waals surface area contributed by atoms with Gasteiger partial charge < -0.3 is 14.6 Å². The first-order valence-electron chi connectivity index (χ1n) is 5.44. The van der Waals surface area contributed by atoms with Gasteiger partial charge in [-0.15, -0.1) is 11.3 Å². The molecular weight excluding hydrogens is 240 g/mol. The van der Waals surface area contributed by atoms with Gasteiger partial charge in [0.15, 0.2) is 0 Å². The van der Waals surface area contributed by atoms with Crippen molar-refractivity contribution in [1.29, 1.82) is 0 Å². The molecule has 6 nitrogen and oxygen atoms in total. The molecule has 1 N–H and O–H groups in total. The molecule has 0 amide bonds. The zero-order valence-electron chi connectivity index (χ0n) is 9.13. The third kappa shape index (κ3) is 2.51. The number of nitrogens with zero attached hydrogens (tertiary/aromatic N) is 3. The highest BCUT2D eigenvalue weighted by molar-refractivity contribution is 7.07. The summed E-state index contributed by atoms with van der Waals surface area (Å²) in [6.07, 6.45) is 0.692. The summed E-state index contributed by atoms with van der Waals surface area (Å²) in [5.41, 5.74) is 2.51. The largest absolute Gasteiger partial charge is 0.378 e. The van der Waals surface area contributed by atoms with Crippen LogP contribution in [0.2, 0.25) is 0 Å². The molecular formula is C10H12N4O2S. The highest BCUT2D eigenvalue weighted by Crippen LogP contribution is 2.15. The number of nitrogens with one attached hydrogen (secondary N) is 1. The summed E-state index contributed by atoms with van der Waals surface area (Å²) in [4.78, 5) is 8.46. The molecule has 3 rings (SSSR count). The van der Waals surface area contributed by atoms with E-state index in [1.165, 1.54) is 11.3 Å². The van der Waals surface area contributed by atoms with Crippen LogP contribution in [0.15, 0.2) is 15.4 Å². The second-order valence-electron chi connectivity index (χ2n) is 3.82. The molecule has 1 fully saturated rings. The predicted octanol–water partition coefficient (Wildman–Crippen LogP) is 0.724. The van der Waals surface area contributed by atoms with Crippen LogP contribution in [0, 0.1) is 0 Å². The van der Waals surface area contributed by atoms with Crippen LogP contribution in [0.1, 0.15) is 5.89 Å². The van der Waals surface area contributed by atoms with Crippen molar-refractivity contribution in [2.24, 2.45) is 0 Å². The Balaban J connectivity index is 1.68. The Morgan fingerprint density at radius 2 is 2.53 bits per heavy atom. The van der Waals surface area contributed by atoms with E-state index in [0.717, 1.165) is 18.8 Å². The zero-order valence-corrected chi connectivity index (χ0v) is 9.94. The summed E-state index contributed by atoms with van der Waals surface area (Å²) in [6.45, 7) is 2.33. The fourth-order valence-electron chi connectivity index (χ4n) is 1.73. The molecule has 1 aliphatic heterocycles. The van der Waals surface area contributed by atoms with Gasteiger partial charge >= 0.3 is 0 Å². The van der Waals surface area contributed by atoms with Crippen molar-refractivity contribution in [2.45, 2.75) is 12.5 Å². The van der Waals surface area contributed by atoms with Crippen molar-refractivity contribution in [3.05, 3.63) is 16.8 Å². The van der Waals surface area contributed by atoms with Crippen molar-refractivity contribution >= 4 is 11.3 Å². The van der Waals surface area contributed by atoms with E-state index < -0.39 is 0 Å². The SMILES string of the molecule is c1nc(-c2noc(CC3COCCN3)n2)cs1. The van der Waals surface area contributed by atoms with Gasteiger partial charge in [-0.05, 0) is 0 Å². The number of thiazole rings is 1. The lowest BCUT2D eigenvalue weighted by molar-refractivity contribution is 0.0744. The standard InChI is InChI=1S/C10H12N4O2S/c1-2-15-4-7(11-1)3-9-13-10(14-16-9)8-5-17-6-12-8/h5-7,11H,1-4H2. The van der Waals surface area contributed by atoms with Crippen LogP contribution in [0.3, 0.4) is 0 Å². The fourth-order valence-corrected chi connectivity index (χ4v) is 2.26. The minimum Gasteiger partial charge on any atom is -0.378 e. The van der Waals surface area contributed by atoms with Crippen LogP contribution in [-0.2, 0) is 11.2 Å². The Hall–Kier alpha value is -1.31. The molecule has 3 heterocycles. The summed E-state index contributed by atoms with van der Waals surface area (Å²) >= 11 is 1.51. The van der Waals surface area contributed by atoms with E-state index in [9.17, 15) is 0 Å². The van der Waals surface area contributed by atoms with Crippen molar-refractivity contribution < 1.29 is 9.26 Å². The molecule has 1 saturated heterocycles. The van der Waals surface area contributed by atoms with Crippen LogP contribution < -0.4 is 5.32 Å². The lowest BCUT2D eigenvalue weighted by Gasteiger charge is -2.22. The van der Waals surface area contributed by atoms with E-state index in [1.54, 1.807) is 5.51 Å². The predicted molar refractivity (Wildman–Crippen MR) is 61.7 cm³/mol. The van der Waals surface area contributed by atoms with Gasteiger partial charge in [0.05, 0.1) is 18.7 Å². The molecule has 0 radical (unpaired) electrons. The quantitative estimate of drug-likeness (QED) is 0.868. The molecule has 0 aliphatic carbocycles. The first kappa shape index (κ1) is 10.8. The number of ether oxygens (including phenoxy) is 1. The molecule has 7 heteroatoms. The van der Waals surface area contributed by atoms with E-state index in [4.69, 9.17) is 9.26 Å². The third-order valence-corrected chi connectivity index (χ3v) is 3.14. The van der Waals surface area contributed by atoms with Crippen molar-refractivity contribution in [2.75, 3.05) is 19.8 Å². The van der Waals surface area contributed by atoms with Gasteiger partial charge in [-0.2, -0.15) is 4.98 Å². The second-order valence-corrected chi connectivity index (χ2v) is 4.53. The van der Waals surface area contributed by atoms with Crippen LogP contribution in [0.25, 0.3) is 11.5 Å². The van der Waals surface area contributed by atoms with Crippen molar-refractivity contribution in [3.8, 4) is 11.5 Å². The highest BCUT2D eigenvalue weighted by Gasteiger charge is 2.18. The van der Waals surface area contributed by atoms with E-state index in [2.05, 4.69) is 20.4 Å². The molecule has 0 bridgehead atoms. The summed E-state index contributed by atoms with van der Waals surface area (Å²) in [6, 6.07) is 0.257. The zero-order chi connectivity index (χ0) is 11.5. The average Bonchev–Trinajstić information content (AvgIpc) is 3.00. The number of hydrogen-bond donors (Lipinski definition) is 1. The molecule has 0 aromatic carbocycles. The number of hydrogen-bond acceptors (Lipinski definition) is 7. The molecule has 90 valence electrons. The van der Waals surface area contributed by atoms with E-state index in [1.807, 2.05) is 5.38 Å². The number of morpholine rings is 1. The number of aromatic nitrogens is 3. The van der Waals surface area contributed by atoms with Gasteiger partial charge in [-0.25, -0.2) is 4.98 Å². The maximum atomic E-state index is 5.37. The average molecular weight is 252 g/mol. The van der Waals surface area contributed by atoms with Crippen LogP contribution in [-0.4, -0.2) is 40.9 Å². The van der Waals surface area contributed by atoms with Crippen LogP contribution in [0.5, 0.6) is 0 Å². The monoisotopic (exact) mass is 252 g/mol. The lowest BCUT2D eigenvalue weighted by Crippen LogP contribution is -2.42. The van der Waals surface area contributed by atoms with Gasteiger partial charge in [0.2, 0.25) is 11.7 Å². The summed E-state index contributed by atoms with van der Waals surface area (Å²) < 4.78 is 10.6. The maximum Gasteiger partial charge on any atom is 0.228 e. The lowest BCUT2D eigenvalue weighted by atomic mass is 10.2. The van der Waals surface area contributed by atoms with Gasteiger partial charge in [0.1, 0.15) is 5.69 Å².